The molecule has 0 spiro atoms. The number of piperidine rings is 1. The molecule has 2 aliphatic heterocycles. The van der Waals surface area contributed by atoms with Crippen molar-refractivity contribution in [3.63, 3.8) is 0 Å². The number of fused-ring (bicyclic) bond motifs is 6. The molecular weight excluding hydrogens is 558 g/mol. The summed E-state index contributed by atoms with van der Waals surface area (Å²) in [5, 5.41) is 2.80. The number of ether oxygens (including phenoxy) is 2. The minimum atomic E-state index is -4.11. The Bertz CT molecular complexity index is 1570. The number of sulfonamides is 1. The molecule has 1 saturated heterocycles. The van der Waals surface area contributed by atoms with E-state index in [4.69, 9.17) is 9.47 Å². The van der Waals surface area contributed by atoms with Crippen LogP contribution in [0.4, 0.5) is 16.4 Å². The summed E-state index contributed by atoms with van der Waals surface area (Å²) in [4.78, 5) is 36.7. The van der Waals surface area contributed by atoms with Gasteiger partial charge in [0.05, 0.1) is 29.7 Å². The molecule has 6 bridgehead atoms. The largest absolute Gasteiger partial charge is 0.472 e. The van der Waals surface area contributed by atoms with Crippen LogP contribution >= 0.6 is 0 Å². The van der Waals surface area contributed by atoms with E-state index in [2.05, 4.69) is 26.9 Å². The van der Waals surface area contributed by atoms with Gasteiger partial charge in [-0.05, 0) is 56.0 Å². The first-order chi connectivity index (χ1) is 20.1. The van der Waals surface area contributed by atoms with Gasteiger partial charge in [-0.1, -0.05) is 44.0 Å². The molecule has 12 heteroatoms. The molecule has 11 nitrogen and oxygen atoms in total. The predicted octanol–water partition coefficient (Wildman–Crippen LogP) is 4.91. The lowest BCUT2D eigenvalue weighted by molar-refractivity contribution is -0.122. The SMILES string of the molecule is CCCCCOC(=O)N1C[C@@H]2C[C@H](C1)C(=O)Nc1cccc(c1)S(=O)(=O)Nc1nc(cc(-c3c(C)cccc3C)n1)O2. The van der Waals surface area contributed by atoms with Gasteiger partial charge in [-0.25, -0.2) is 22.9 Å². The van der Waals surface area contributed by atoms with Crippen LogP contribution in [0.15, 0.2) is 53.4 Å². The number of hydrogen-bond donors (Lipinski definition) is 2. The summed E-state index contributed by atoms with van der Waals surface area (Å²) in [7, 11) is -4.11. The normalized spacial score (nSPS) is 19.5. The Kier molecular flexibility index (Phi) is 8.62. The molecule has 2 atom stereocenters. The summed E-state index contributed by atoms with van der Waals surface area (Å²) in [5.74, 6) is -1.02. The molecule has 42 heavy (non-hydrogen) atoms. The van der Waals surface area contributed by atoms with E-state index in [0.29, 0.717) is 24.4 Å². The first kappa shape index (κ1) is 29.3. The summed E-state index contributed by atoms with van der Waals surface area (Å²) in [6.07, 6.45) is 1.91. The van der Waals surface area contributed by atoms with Gasteiger partial charge in [-0.2, -0.15) is 4.98 Å². The summed E-state index contributed by atoms with van der Waals surface area (Å²) < 4.78 is 40.9. The molecule has 2 aromatic carbocycles. The first-order valence-corrected chi connectivity index (χ1v) is 15.6. The number of carbonyl (C=O) groups is 2. The highest BCUT2D eigenvalue weighted by molar-refractivity contribution is 7.92. The maximum Gasteiger partial charge on any atom is 0.409 e. The fourth-order valence-electron chi connectivity index (χ4n) is 5.29. The molecule has 0 unspecified atom stereocenters. The third-order valence-electron chi connectivity index (χ3n) is 7.38. The van der Waals surface area contributed by atoms with E-state index in [9.17, 15) is 18.0 Å². The van der Waals surface area contributed by atoms with E-state index in [-0.39, 0.29) is 35.7 Å². The Morgan fingerprint density at radius 3 is 2.60 bits per heavy atom. The van der Waals surface area contributed by atoms with E-state index >= 15 is 0 Å². The highest BCUT2D eigenvalue weighted by Crippen LogP contribution is 2.31. The van der Waals surface area contributed by atoms with Crippen LogP contribution in [0.2, 0.25) is 0 Å². The molecule has 222 valence electrons. The van der Waals surface area contributed by atoms with Gasteiger partial charge < -0.3 is 19.7 Å². The standard InChI is InChI=1S/C30H35N5O6S/c1-4-5-6-13-40-30(37)35-17-21-14-23(18-35)41-26-16-25(27-19(2)9-7-10-20(27)3)32-29(33-26)34-42(38,39)24-12-8-11-22(15-24)31-28(21)36/h7-12,15-16,21,23H,4-6,13-14,17-18H2,1-3H3,(H,31,36)(H,32,33,34)/t21-,23+/m1/s1. The van der Waals surface area contributed by atoms with Crippen molar-refractivity contribution in [1.29, 1.82) is 0 Å². The second kappa shape index (κ2) is 12.4. The molecule has 5 rings (SSSR count). The van der Waals surface area contributed by atoms with E-state index < -0.39 is 28.1 Å². The van der Waals surface area contributed by atoms with Crippen molar-refractivity contribution in [1.82, 2.24) is 14.9 Å². The van der Waals surface area contributed by atoms with Crippen LogP contribution in [-0.2, 0) is 19.6 Å². The number of likely N-dealkylation sites (tertiary alicyclic amines) is 1. The van der Waals surface area contributed by atoms with Crippen molar-refractivity contribution >= 4 is 33.7 Å². The summed E-state index contributed by atoms with van der Waals surface area (Å²) in [6.45, 7) is 6.58. The first-order valence-electron chi connectivity index (χ1n) is 14.1. The third-order valence-corrected chi connectivity index (χ3v) is 8.71. The Morgan fingerprint density at radius 2 is 1.83 bits per heavy atom. The van der Waals surface area contributed by atoms with Gasteiger partial charge in [0.1, 0.15) is 6.10 Å². The lowest BCUT2D eigenvalue weighted by Crippen LogP contribution is -2.51. The monoisotopic (exact) mass is 593 g/mol. The van der Waals surface area contributed by atoms with Gasteiger partial charge >= 0.3 is 6.09 Å². The van der Waals surface area contributed by atoms with Crippen molar-refractivity contribution in [3.8, 4) is 17.1 Å². The summed E-state index contributed by atoms with van der Waals surface area (Å²) in [5.41, 5.74) is 3.50. The average Bonchev–Trinajstić information content (AvgIpc) is 2.94. The molecule has 1 aromatic heterocycles. The fourth-order valence-corrected chi connectivity index (χ4v) is 6.28. The van der Waals surface area contributed by atoms with Gasteiger partial charge in [0.15, 0.2) is 0 Å². The van der Waals surface area contributed by atoms with Crippen LogP contribution < -0.4 is 14.8 Å². The van der Waals surface area contributed by atoms with Crippen LogP contribution in [0.5, 0.6) is 5.88 Å². The van der Waals surface area contributed by atoms with Gasteiger partial charge in [0.25, 0.3) is 10.0 Å². The quantitative estimate of drug-likeness (QED) is 0.398. The van der Waals surface area contributed by atoms with Gasteiger partial charge in [0.2, 0.25) is 17.7 Å². The molecule has 2 N–H and O–H groups in total. The minimum absolute atomic E-state index is 0.0697. The molecule has 3 aromatic rings. The number of aromatic nitrogens is 2. The van der Waals surface area contributed by atoms with Crippen molar-refractivity contribution in [2.45, 2.75) is 57.5 Å². The summed E-state index contributed by atoms with van der Waals surface area (Å²) in [6, 6.07) is 13.4. The number of amides is 2. The Balaban J connectivity index is 1.56. The number of unbranched alkanes of at least 4 members (excludes halogenated alkanes) is 2. The van der Waals surface area contributed by atoms with E-state index in [0.717, 1.165) is 36.0 Å². The Morgan fingerprint density at radius 1 is 1.07 bits per heavy atom. The van der Waals surface area contributed by atoms with Crippen LogP contribution in [0.25, 0.3) is 11.3 Å². The number of benzene rings is 2. The zero-order chi connectivity index (χ0) is 29.9. The molecule has 0 aliphatic carbocycles. The maximum atomic E-state index is 13.4. The van der Waals surface area contributed by atoms with Crippen molar-refractivity contribution < 1.29 is 27.5 Å². The molecule has 1 fully saturated rings. The number of rotatable bonds is 5. The second-order valence-electron chi connectivity index (χ2n) is 10.7. The lowest BCUT2D eigenvalue weighted by Gasteiger charge is -2.36. The zero-order valence-corrected chi connectivity index (χ0v) is 24.7. The topological polar surface area (TPSA) is 140 Å². The van der Waals surface area contributed by atoms with E-state index in [1.165, 1.54) is 17.0 Å². The smallest absolute Gasteiger partial charge is 0.409 e. The fraction of sp³-hybridized carbons (Fsp3) is 0.400. The maximum absolute atomic E-state index is 13.4. The molecule has 3 heterocycles. The summed E-state index contributed by atoms with van der Waals surface area (Å²) >= 11 is 0. The number of nitrogens with one attached hydrogen (secondary N) is 2. The Hall–Kier alpha value is -4.19. The van der Waals surface area contributed by atoms with Gasteiger partial charge in [-0.3, -0.25) is 4.79 Å². The minimum Gasteiger partial charge on any atom is -0.472 e. The van der Waals surface area contributed by atoms with Gasteiger partial charge in [-0.15, -0.1) is 0 Å². The van der Waals surface area contributed by atoms with Gasteiger partial charge in [0, 0.05) is 23.9 Å². The van der Waals surface area contributed by atoms with Crippen molar-refractivity contribution in [3.05, 3.63) is 59.7 Å². The second-order valence-corrected chi connectivity index (χ2v) is 12.4. The van der Waals surface area contributed by atoms with Crippen LogP contribution in [0.1, 0.15) is 43.7 Å². The van der Waals surface area contributed by atoms with Crippen LogP contribution in [0, 0.1) is 19.8 Å². The molecule has 2 amide bonds. The van der Waals surface area contributed by atoms with E-state index in [1.54, 1.807) is 18.2 Å². The van der Waals surface area contributed by atoms with Crippen molar-refractivity contribution in [2.75, 3.05) is 29.7 Å². The average molecular weight is 594 g/mol. The highest BCUT2D eigenvalue weighted by atomic mass is 32.2. The molecule has 0 radical (unpaired) electrons. The number of nitrogens with zero attached hydrogens (tertiary/aromatic N) is 3. The van der Waals surface area contributed by atoms with Crippen molar-refractivity contribution in [2.24, 2.45) is 5.92 Å². The number of anilines is 2. The number of aryl methyl sites for hydroxylation is 2. The molecule has 0 saturated carbocycles. The third kappa shape index (κ3) is 6.64. The Labute approximate surface area is 245 Å². The zero-order valence-electron chi connectivity index (χ0n) is 23.9. The predicted molar refractivity (Wildman–Crippen MR) is 158 cm³/mol. The molecular formula is C30H35N5O6S. The van der Waals surface area contributed by atoms with Crippen LogP contribution in [-0.4, -0.2) is 61.1 Å². The van der Waals surface area contributed by atoms with Crippen LogP contribution in [0.3, 0.4) is 0 Å². The molecule has 2 aliphatic rings. The van der Waals surface area contributed by atoms with E-state index in [1.807, 2.05) is 32.0 Å². The number of hydrogen-bond acceptors (Lipinski definition) is 8. The number of carbonyl (C=O) groups excluding carboxylic acids is 2. The lowest BCUT2D eigenvalue weighted by atomic mass is 9.95. The highest BCUT2D eigenvalue weighted by Gasteiger charge is 2.36.